The molecule has 2 aromatic rings. The number of benzene rings is 1. The molecule has 1 heterocycles. The predicted molar refractivity (Wildman–Crippen MR) is 74.1 cm³/mol. The van der Waals surface area contributed by atoms with E-state index in [-0.39, 0.29) is 0 Å². The third-order valence-corrected chi connectivity index (χ3v) is 2.64. The minimum absolute atomic E-state index is 0.397. The molecular weight excluding hydrogens is 296 g/mol. The number of carboxylic acids is 2. The second kappa shape index (κ2) is 7.20. The molecule has 118 valence electrons. The first-order chi connectivity index (χ1) is 10.2. The molecule has 2 rings (SSSR count). The lowest BCUT2D eigenvalue weighted by atomic mass is 10.1. The van der Waals surface area contributed by atoms with Crippen LogP contribution < -0.4 is 5.73 Å². The number of rotatable bonds is 4. The summed E-state index contributed by atoms with van der Waals surface area (Å²) in [6, 6.07) is 7.28. The molecule has 0 bridgehead atoms. The summed E-state index contributed by atoms with van der Waals surface area (Å²) in [4.78, 5) is 33.3. The average molecular weight is 310 g/mol. The van der Waals surface area contributed by atoms with Crippen LogP contribution >= 0.6 is 0 Å². The molecule has 0 fully saturated rings. The van der Waals surface area contributed by atoms with Crippen molar-refractivity contribution in [2.24, 2.45) is 5.73 Å². The molecule has 0 aliphatic carbocycles. The maximum Gasteiger partial charge on any atom is 0.335 e. The lowest BCUT2D eigenvalue weighted by Gasteiger charge is -2.07. The lowest BCUT2D eigenvalue weighted by molar-refractivity contribution is -0.165. The molecule has 0 saturated carbocycles. The van der Waals surface area contributed by atoms with Crippen molar-refractivity contribution in [3.05, 3.63) is 36.0 Å². The number of nitrogens with one attached hydrogen (secondary N) is 1. The summed E-state index contributed by atoms with van der Waals surface area (Å²) in [5.41, 5.74) is 6.59. The molecule has 0 aliphatic heterocycles. The van der Waals surface area contributed by atoms with Gasteiger partial charge >= 0.3 is 11.9 Å². The zero-order valence-corrected chi connectivity index (χ0v) is 11.1. The van der Waals surface area contributed by atoms with Crippen LogP contribution in [0.2, 0.25) is 0 Å². The Bertz CT molecular complexity index is 677. The van der Waals surface area contributed by atoms with Gasteiger partial charge in [-0.05, 0) is 23.6 Å². The molecule has 0 saturated heterocycles. The SMILES string of the molecule is NC(=O)c1ccc2cc[nH]c2c1.O=C(O)[C@H](O)[C@@H](O)C(=O)O. The van der Waals surface area contributed by atoms with E-state index < -0.39 is 30.1 Å². The summed E-state index contributed by atoms with van der Waals surface area (Å²) in [7, 11) is 0. The number of hydrogen-bond acceptors (Lipinski definition) is 5. The van der Waals surface area contributed by atoms with Crippen LogP contribution in [0.15, 0.2) is 30.5 Å². The average Bonchev–Trinajstić information content (AvgIpc) is 2.93. The second-order valence-corrected chi connectivity index (χ2v) is 4.21. The first kappa shape index (κ1) is 17.1. The largest absolute Gasteiger partial charge is 0.479 e. The second-order valence-electron chi connectivity index (χ2n) is 4.21. The Morgan fingerprint density at radius 1 is 1.00 bits per heavy atom. The zero-order chi connectivity index (χ0) is 16.9. The van der Waals surface area contributed by atoms with Gasteiger partial charge in [-0.2, -0.15) is 0 Å². The van der Waals surface area contributed by atoms with Gasteiger partial charge in [0.2, 0.25) is 5.91 Å². The number of aliphatic carboxylic acids is 2. The summed E-state index contributed by atoms with van der Waals surface area (Å²) < 4.78 is 0. The number of aliphatic hydroxyl groups is 2. The Balaban J connectivity index is 0.000000225. The number of H-pyrrole nitrogens is 1. The van der Waals surface area contributed by atoms with Gasteiger partial charge in [-0.3, -0.25) is 4.79 Å². The molecule has 0 unspecified atom stereocenters. The van der Waals surface area contributed by atoms with E-state index in [1.165, 1.54) is 0 Å². The number of aromatic amines is 1. The van der Waals surface area contributed by atoms with Gasteiger partial charge < -0.3 is 31.1 Å². The number of carboxylic acid groups (broad SMARTS) is 2. The van der Waals surface area contributed by atoms with Crippen LogP contribution in [0, 0.1) is 0 Å². The van der Waals surface area contributed by atoms with Crippen molar-refractivity contribution in [3.8, 4) is 0 Å². The van der Waals surface area contributed by atoms with Gasteiger partial charge in [-0.15, -0.1) is 0 Å². The molecule has 1 aromatic carbocycles. The molecular formula is C13H14N2O7. The molecule has 9 nitrogen and oxygen atoms in total. The van der Waals surface area contributed by atoms with Gasteiger partial charge in [0.15, 0.2) is 12.2 Å². The van der Waals surface area contributed by atoms with Gasteiger partial charge in [0, 0.05) is 17.3 Å². The van der Waals surface area contributed by atoms with Crippen molar-refractivity contribution in [2.45, 2.75) is 12.2 Å². The topological polar surface area (TPSA) is 174 Å². The van der Waals surface area contributed by atoms with Crippen LogP contribution in [-0.4, -0.2) is 55.5 Å². The minimum Gasteiger partial charge on any atom is -0.479 e. The first-order valence-corrected chi connectivity index (χ1v) is 5.92. The van der Waals surface area contributed by atoms with E-state index in [0.29, 0.717) is 5.56 Å². The zero-order valence-electron chi connectivity index (χ0n) is 11.1. The summed E-state index contributed by atoms with van der Waals surface area (Å²) in [6.45, 7) is 0. The van der Waals surface area contributed by atoms with Crippen LogP contribution in [0.3, 0.4) is 0 Å². The molecule has 0 aliphatic rings. The van der Waals surface area contributed by atoms with Crippen LogP contribution in [0.4, 0.5) is 0 Å². The Labute approximate surface area is 123 Å². The molecule has 7 N–H and O–H groups in total. The van der Waals surface area contributed by atoms with Crippen molar-refractivity contribution in [2.75, 3.05) is 0 Å². The number of aliphatic hydroxyl groups excluding tert-OH is 2. The Hall–Kier alpha value is -2.91. The third-order valence-electron chi connectivity index (χ3n) is 2.64. The first-order valence-electron chi connectivity index (χ1n) is 5.92. The molecule has 9 heteroatoms. The minimum atomic E-state index is -2.27. The molecule has 0 radical (unpaired) electrons. The standard InChI is InChI=1S/C9H8N2O.C4H6O6/c10-9(12)7-2-1-6-3-4-11-8(6)5-7;5-1(3(7)8)2(6)4(9)10/h1-5,11H,(H2,10,12);1-2,5-6H,(H,7,8)(H,9,10)/t;1-,2-/m.1/s1. The van der Waals surface area contributed by atoms with Crippen molar-refractivity contribution >= 4 is 28.7 Å². The highest BCUT2D eigenvalue weighted by atomic mass is 16.4. The number of amides is 1. The summed E-state index contributed by atoms with van der Waals surface area (Å²) >= 11 is 0. The van der Waals surface area contributed by atoms with Crippen molar-refractivity contribution in [3.63, 3.8) is 0 Å². The number of primary amides is 1. The number of nitrogens with two attached hydrogens (primary N) is 1. The highest BCUT2D eigenvalue weighted by molar-refractivity contribution is 5.96. The maximum atomic E-state index is 10.8. The van der Waals surface area contributed by atoms with Gasteiger partial charge in [-0.25, -0.2) is 9.59 Å². The van der Waals surface area contributed by atoms with E-state index in [9.17, 15) is 14.4 Å². The Kier molecular flexibility index (Phi) is 5.61. The van der Waals surface area contributed by atoms with Gasteiger partial charge in [0.05, 0.1) is 0 Å². The lowest BCUT2D eigenvalue weighted by Crippen LogP contribution is -2.39. The smallest absolute Gasteiger partial charge is 0.335 e. The summed E-state index contributed by atoms with van der Waals surface area (Å²) in [5, 5.41) is 33.6. The number of carbonyl (C=O) groups excluding carboxylic acids is 1. The van der Waals surface area contributed by atoms with E-state index in [1.54, 1.807) is 12.1 Å². The van der Waals surface area contributed by atoms with Crippen LogP contribution in [0.1, 0.15) is 10.4 Å². The Morgan fingerprint density at radius 2 is 1.55 bits per heavy atom. The van der Waals surface area contributed by atoms with Crippen molar-refractivity contribution < 1.29 is 34.8 Å². The number of carbonyl (C=O) groups is 3. The number of hydrogen-bond donors (Lipinski definition) is 6. The highest BCUT2D eigenvalue weighted by Crippen LogP contribution is 2.13. The fourth-order valence-electron chi connectivity index (χ4n) is 1.47. The number of aromatic nitrogens is 1. The van der Waals surface area contributed by atoms with Crippen molar-refractivity contribution in [1.29, 1.82) is 0 Å². The molecule has 1 aromatic heterocycles. The maximum absolute atomic E-state index is 10.8. The molecule has 2 atom stereocenters. The van der Waals surface area contributed by atoms with Crippen LogP contribution in [0.25, 0.3) is 10.9 Å². The highest BCUT2D eigenvalue weighted by Gasteiger charge is 2.29. The molecule has 0 spiro atoms. The van der Waals surface area contributed by atoms with E-state index in [0.717, 1.165) is 10.9 Å². The Morgan fingerprint density at radius 3 is 2.00 bits per heavy atom. The fourth-order valence-corrected chi connectivity index (χ4v) is 1.47. The van der Waals surface area contributed by atoms with Gasteiger partial charge in [0.25, 0.3) is 0 Å². The van der Waals surface area contributed by atoms with Gasteiger partial charge in [-0.1, -0.05) is 6.07 Å². The normalized spacial score (nSPS) is 12.8. The predicted octanol–water partition coefficient (Wildman–Crippen LogP) is -0.856. The summed E-state index contributed by atoms with van der Waals surface area (Å²) in [5.74, 6) is -3.93. The van der Waals surface area contributed by atoms with Crippen LogP contribution in [0.5, 0.6) is 0 Å². The summed E-state index contributed by atoms with van der Waals surface area (Å²) in [6.07, 6.45) is -2.70. The number of fused-ring (bicyclic) bond motifs is 1. The fraction of sp³-hybridized carbons (Fsp3) is 0.154. The van der Waals surface area contributed by atoms with E-state index in [2.05, 4.69) is 4.98 Å². The quantitative estimate of drug-likeness (QED) is 0.426. The van der Waals surface area contributed by atoms with E-state index >= 15 is 0 Å². The van der Waals surface area contributed by atoms with Gasteiger partial charge in [0.1, 0.15) is 0 Å². The third kappa shape index (κ3) is 4.30. The molecule has 1 amide bonds. The molecule has 22 heavy (non-hydrogen) atoms. The van der Waals surface area contributed by atoms with Crippen molar-refractivity contribution in [1.82, 2.24) is 4.98 Å². The van der Waals surface area contributed by atoms with E-state index in [1.807, 2.05) is 18.3 Å². The monoisotopic (exact) mass is 310 g/mol. The van der Waals surface area contributed by atoms with Crippen LogP contribution in [-0.2, 0) is 9.59 Å². The van der Waals surface area contributed by atoms with E-state index in [4.69, 9.17) is 26.2 Å².